The molecule has 0 aliphatic carbocycles. The average molecular weight is 1020 g/mol. The fraction of sp³-hybridized carbons (Fsp3) is 1.00. The summed E-state index contributed by atoms with van der Waals surface area (Å²) in [6, 6.07) is 0. The van der Waals surface area contributed by atoms with Gasteiger partial charge in [0.2, 0.25) is 0 Å². The fourth-order valence-electron chi connectivity index (χ4n) is 5.95. The van der Waals surface area contributed by atoms with Crippen LogP contribution in [0.2, 0.25) is 0 Å². The summed E-state index contributed by atoms with van der Waals surface area (Å²) in [6.07, 6.45) is -31.7. The van der Waals surface area contributed by atoms with E-state index < -0.39 is 213 Å². The second-order valence-electron chi connectivity index (χ2n) is 15.4. The van der Waals surface area contributed by atoms with Crippen LogP contribution >= 0.6 is 0 Å². The van der Waals surface area contributed by atoms with E-state index in [0.717, 1.165) is 0 Å². The predicted octanol–water partition coefficient (Wildman–Crippen LogP) is -15.4. The Balaban J connectivity index is 0.000000453. The molecule has 0 spiro atoms. The summed E-state index contributed by atoms with van der Waals surface area (Å²) in [5.74, 6) is 0. The zero-order chi connectivity index (χ0) is 52.0. The highest BCUT2D eigenvalue weighted by molar-refractivity contribution is 4.92. The molecule has 0 aromatic carbocycles. The Kier molecular flexibility index (Phi) is 31.8. The molecule has 408 valence electrons. The van der Waals surface area contributed by atoms with Crippen molar-refractivity contribution >= 4 is 0 Å². The fourth-order valence-corrected chi connectivity index (χ4v) is 5.95. The van der Waals surface area contributed by atoms with Crippen LogP contribution in [0.1, 0.15) is 0 Å². The van der Waals surface area contributed by atoms with Crippen LogP contribution in [0.4, 0.5) is 0 Å². The van der Waals surface area contributed by atoms with Gasteiger partial charge >= 0.3 is 0 Å². The molecule has 0 aromatic heterocycles. The zero-order valence-electron chi connectivity index (χ0n) is 36.3. The molecular formula is C36H72O32. The maximum Gasteiger partial charge on any atom is 0.187 e. The van der Waals surface area contributed by atoms with Gasteiger partial charge in [-0.1, -0.05) is 0 Å². The monoisotopic (exact) mass is 1020 g/mol. The van der Waals surface area contributed by atoms with Crippen LogP contribution in [0.15, 0.2) is 0 Å². The Bertz CT molecular complexity index is 1160. The average Bonchev–Trinajstić information content (AvgIpc) is 3.35. The highest BCUT2D eigenvalue weighted by Gasteiger charge is 2.47. The molecule has 4 rings (SSSR count). The van der Waals surface area contributed by atoms with Crippen LogP contribution in [-0.2, 0) is 37.9 Å². The van der Waals surface area contributed by atoms with E-state index in [2.05, 4.69) is 0 Å². The summed E-state index contributed by atoms with van der Waals surface area (Å²) in [6.45, 7) is -5.84. The van der Waals surface area contributed by atoms with E-state index in [-0.39, 0.29) is 13.2 Å². The largest absolute Gasteiger partial charge is 0.394 e. The normalized spacial score (nSPS) is 39.4. The first kappa shape index (κ1) is 64.7. The number of aliphatic hydroxyl groups excluding tert-OH is 24. The Morgan fingerprint density at radius 1 is 0.294 bits per heavy atom. The van der Waals surface area contributed by atoms with Crippen LogP contribution in [0.3, 0.4) is 0 Å². The Hall–Kier alpha value is -1.28. The molecule has 4 saturated heterocycles. The summed E-state index contributed by atoms with van der Waals surface area (Å²) in [7, 11) is 0. The number of rotatable bonds is 20. The second-order valence-corrected chi connectivity index (χ2v) is 15.4. The lowest BCUT2D eigenvalue weighted by Crippen LogP contribution is -2.60. The maximum absolute atomic E-state index is 9.56. The van der Waals surface area contributed by atoms with E-state index in [1.807, 2.05) is 0 Å². The first-order valence-electron chi connectivity index (χ1n) is 20.9. The number of hydrogen-bond acceptors (Lipinski definition) is 32. The van der Waals surface area contributed by atoms with Crippen molar-refractivity contribution in [1.29, 1.82) is 0 Å². The third-order valence-corrected chi connectivity index (χ3v) is 10.2. The van der Waals surface area contributed by atoms with Crippen LogP contribution in [0.25, 0.3) is 0 Å². The van der Waals surface area contributed by atoms with E-state index in [9.17, 15) is 61.3 Å². The van der Waals surface area contributed by atoms with Gasteiger partial charge in [-0.15, -0.1) is 0 Å². The highest BCUT2D eigenvalue weighted by Crippen LogP contribution is 2.26. The zero-order valence-corrected chi connectivity index (χ0v) is 36.3. The molecule has 4 fully saturated rings. The van der Waals surface area contributed by atoms with Crippen molar-refractivity contribution in [1.82, 2.24) is 0 Å². The Morgan fingerprint density at radius 2 is 0.515 bits per heavy atom. The van der Waals surface area contributed by atoms with E-state index >= 15 is 0 Å². The molecule has 0 amide bonds. The van der Waals surface area contributed by atoms with Gasteiger partial charge in [0.25, 0.3) is 0 Å². The molecule has 68 heavy (non-hydrogen) atoms. The Morgan fingerprint density at radius 3 is 0.721 bits per heavy atom. The molecule has 32 nitrogen and oxygen atoms in total. The lowest BCUT2D eigenvalue weighted by atomic mass is 9.99. The molecular weight excluding hydrogens is 944 g/mol. The van der Waals surface area contributed by atoms with E-state index in [1.54, 1.807) is 0 Å². The van der Waals surface area contributed by atoms with E-state index in [1.165, 1.54) is 0 Å². The molecule has 0 aromatic rings. The standard InChI is InChI=1S/4C9H18O8/c2*10-1-4(12)3-16-9-8(15)7(14)6(13)5(2-11)17-9;2*10-1-4(2-11)16-9-8(15)7(14)6(13)5(3-12)17-9/h4*4-15H,1-3H2/t2*4?,5?,6-,7?,8+,9-;2*5?,6-,7?,8+,9-/m1111/s1. The van der Waals surface area contributed by atoms with E-state index in [4.69, 9.17) is 99.2 Å². The van der Waals surface area contributed by atoms with Crippen molar-refractivity contribution in [2.45, 2.75) is 147 Å². The first-order chi connectivity index (χ1) is 32.1. The molecule has 0 bridgehead atoms. The summed E-state index contributed by atoms with van der Waals surface area (Å²) in [4.78, 5) is 0. The summed E-state index contributed by atoms with van der Waals surface area (Å²) < 4.78 is 39.9. The van der Waals surface area contributed by atoms with Crippen molar-refractivity contribution < 1.29 is 160 Å². The summed E-state index contributed by atoms with van der Waals surface area (Å²) in [5.41, 5.74) is 0. The predicted molar refractivity (Wildman–Crippen MR) is 211 cm³/mol. The maximum atomic E-state index is 9.56. The van der Waals surface area contributed by atoms with Gasteiger partial charge in [-0.3, -0.25) is 0 Å². The molecule has 0 radical (unpaired) electrons. The van der Waals surface area contributed by atoms with Crippen molar-refractivity contribution in [3.8, 4) is 0 Å². The molecule has 4 aliphatic rings. The number of aliphatic hydroxyl groups is 24. The van der Waals surface area contributed by atoms with E-state index in [0.29, 0.717) is 0 Å². The van der Waals surface area contributed by atoms with Crippen molar-refractivity contribution in [2.75, 3.05) is 79.3 Å². The van der Waals surface area contributed by atoms with Crippen LogP contribution in [-0.4, -0.2) is 349 Å². The molecule has 22 atom stereocenters. The summed E-state index contributed by atoms with van der Waals surface area (Å²) >= 11 is 0. The minimum atomic E-state index is -1.54. The molecule has 4 aliphatic heterocycles. The Labute approximate surface area is 386 Å². The lowest BCUT2D eigenvalue weighted by Gasteiger charge is -2.40. The smallest absolute Gasteiger partial charge is 0.187 e. The molecule has 10 unspecified atom stereocenters. The van der Waals surface area contributed by atoms with Gasteiger partial charge in [0.05, 0.1) is 79.3 Å². The van der Waals surface area contributed by atoms with Gasteiger partial charge in [-0.25, -0.2) is 0 Å². The van der Waals surface area contributed by atoms with Gasteiger partial charge in [0.1, 0.15) is 122 Å². The topological polar surface area (TPSA) is 559 Å². The van der Waals surface area contributed by atoms with Crippen LogP contribution < -0.4 is 0 Å². The number of hydrogen-bond donors (Lipinski definition) is 24. The number of ether oxygens (including phenoxy) is 8. The molecule has 24 N–H and O–H groups in total. The first-order valence-corrected chi connectivity index (χ1v) is 20.9. The minimum Gasteiger partial charge on any atom is -0.394 e. The van der Waals surface area contributed by atoms with Crippen molar-refractivity contribution in [3.63, 3.8) is 0 Å². The van der Waals surface area contributed by atoms with Gasteiger partial charge in [-0.05, 0) is 0 Å². The van der Waals surface area contributed by atoms with Crippen LogP contribution in [0, 0.1) is 0 Å². The minimum absolute atomic E-state index is 0.306. The third-order valence-electron chi connectivity index (χ3n) is 10.2. The molecule has 4 heterocycles. The van der Waals surface area contributed by atoms with Gasteiger partial charge < -0.3 is 160 Å². The van der Waals surface area contributed by atoms with Crippen molar-refractivity contribution in [3.05, 3.63) is 0 Å². The van der Waals surface area contributed by atoms with Gasteiger partial charge in [0, 0.05) is 0 Å². The van der Waals surface area contributed by atoms with Gasteiger partial charge in [-0.2, -0.15) is 0 Å². The SMILES string of the molecule is OCC(CO)O[C@@H]1OC(CO)[C@@H](O)C(O)[C@@H]1O.OCC(CO)O[C@@H]1OC(CO)[C@@H](O)C(O)[C@@H]1O.OCC(O)CO[C@@H]1OC(CO)[C@@H](O)C(O)[C@@H]1O.OCC(O)CO[C@@H]1OC(CO)[C@@H](O)C(O)[C@@H]1O. The summed E-state index contributed by atoms with van der Waals surface area (Å²) in [5, 5.41) is 220. The highest BCUT2D eigenvalue weighted by atomic mass is 16.7. The molecule has 0 saturated carbocycles. The van der Waals surface area contributed by atoms with Crippen LogP contribution in [0.5, 0.6) is 0 Å². The second kappa shape index (κ2) is 33.4. The lowest BCUT2D eigenvalue weighted by molar-refractivity contribution is -0.315. The van der Waals surface area contributed by atoms with Gasteiger partial charge in [0.15, 0.2) is 25.2 Å². The third kappa shape index (κ3) is 19.3. The quantitative estimate of drug-likeness (QED) is 0.0538. The molecule has 32 heteroatoms. The van der Waals surface area contributed by atoms with Crippen molar-refractivity contribution in [2.24, 2.45) is 0 Å².